The molecule has 0 bridgehead atoms. The monoisotopic (exact) mass is 306 g/mol. The molecule has 2 aromatic heterocycles. The van der Waals surface area contributed by atoms with Crippen molar-refractivity contribution >= 4 is 6.09 Å². The van der Waals surface area contributed by atoms with E-state index in [9.17, 15) is 4.79 Å². The molecule has 3 rings (SSSR count). The Labute approximate surface area is 127 Å². The fraction of sp³-hybridized carbons (Fsp3) is 0.429. The lowest BCUT2D eigenvalue weighted by Crippen LogP contribution is -2.46. The quantitative estimate of drug-likeness (QED) is 0.848. The average Bonchev–Trinajstić information content (AvgIpc) is 3.19. The summed E-state index contributed by atoms with van der Waals surface area (Å²) in [5.74, 6) is 1.04. The summed E-state index contributed by atoms with van der Waals surface area (Å²) >= 11 is 0. The van der Waals surface area contributed by atoms with Crippen molar-refractivity contribution in [1.82, 2.24) is 20.7 Å². The molecule has 0 unspecified atom stereocenters. The third kappa shape index (κ3) is 3.86. The van der Waals surface area contributed by atoms with E-state index in [1.807, 2.05) is 0 Å². The standard InChI is InChI=1S/C14H18N4O4/c19-14(16-5-8-18-6-3-15-4-7-18)21-13-10-12(22-17-13)11-2-1-9-20-11/h1-2,9-10,15H,3-8H2,(H,16,19). The molecule has 0 saturated carbocycles. The molecule has 118 valence electrons. The van der Waals surface area contributed by atoms with Gasteiger partial charge in [-0.1, -0.05) is 0 Å². The second-order valence-corrected chi connectivity index (χ2v) is 4.91. The maximum absolute atomic E-state index is 11.7. The lowest BCUT2D eigenvalue weighted by Gasteiger charge is -2.26. The third-order valence-electron chi connectivity index (χ3n) is 3.36. The Bertz CT molecular complexity index is 590. The molecular formula is C14H18N4O4. The van der Waals surface area contributed by atoms with Crippen LogP contribution in [0.4, 0.5) is 4.79 Å². The van der Waals surface area contributed by atoms with E-state index in [0.717, 1.165) is 32.7 Å². The van der Waals surface area contributed by atoms with Gasteiger partial charge in [-0.25, -0.2) is 4.79 Å². The number of aromatic nitrogens is 1. The summed E-state index contributed by atoms with van der Waals surface area (Å²) in [4.78, 5) is 14.0. The predicted octanol–water partition coefficient (Wildman–Crippen LogP) is 0.928. The second kappa shape index (κ2) is 7.10. The molecule has 8 nitrogen and oxygen atoms in total. The zero-order valence-corrected chi connectivity index (χ0v) is 12.1. The van der Waals surface area contributed by atoms with Gasteiger partial charge in [-0.3, -0.25) is 4.90 Å². The van der Waals surface area contributed by atoms with Crippen LogP contribution in [0.3, 0.4) is 0 Å². The Balaban J connectivity index is 1.42. The highest BCUT2D eigenvalue weighted by Gasteiger charge is 2.14. The molecule has 1 saturated heterocycles. The fourth-order valence-electron chi connectivity index (χ4n) is 2.22. The molecule has 1 aliphatic heterocycles. The van der Waals surface area contributed by atoms with E-state index in [4.69, 9.17) is 13.7 Å². The fourth-order valence-corrected chi connectivity index (χ4v) is 2.22. The van der Waals surface area contributed by atoms with Crippen molar-refractivity contribution in [3.63, 3.8) is 0 Å². The van der Waals surface area contributed by atoms with Crippen molar-refractivity contribution in [2.45, 2.75) is 0 Å². The predicted molar refractivity (Wildman–Crippen MR) is 77.5 cm³/mol. The maximum Gasteiger partial charge on any atom is 0.414 e. The van der Waals surface area contributed by atoms with Crippen molar-refractivity contribution in [3.8, 4) is 17.4 Å². The van der Waals surface area contributed by atoms with Gasteiger partial charge >= 0.3 is 6.09 Å². The summed E-state index contributed by atoms with van der Waals surface area (Å²) in [6.07, 6.45) is 0.982. The molecule has 2 N–H and O–H groups in total. The van der Waals surface area contributed by atoms with Crippen molar-refractivity contribution in [2.24, 2.45) is 0 Å². The molecule has 1 fully saturated rings. The number of rotatable bonds is 5. The number of piperazine rings is 1. The highest BCUT2D eigenvalue weighted by atomic mass is 16.6. The molecule has 22 heavy (non-hydrogen) atoms. The van der Waals surface area contributed by atoms with Crippen LogP contribution in [0.15, 0.2) is 33.4 Å². The van der Waals surface area contributed by atoms with Gasteiger partial charge in [0.2, 0.25) is 5.76 Å². The van der Waals surface area contributed by atoms with E-state index >= 15 is 0 Å². The van der Waals surface area contributed by atoms with Crippen LogP contribution in [0.5, 0.6) is 5.88 Å². The Hall–Kier alpha value is -2.32. The molecule has 0 radical (unpaired) electrons. The molecule has 8 heteroatoms. The van der Waals surface area contributed by atoms with Gasteiger partial charge in [-0.05, 0) is 17.3 Å². The second-order valence-electron chi connectivity index (χ2n) is 4.91. The first-order chi connectivity index (χ1) is 10.8. The van der Waals surface area contributed by atoms with E-state index in [2.05, 4.69) is 20.7 Å². The normalized spacial score (nSPS) is 15.6. The topological polar surface area (TPSA) is 92.8 Å². The zero-order chi connectivity index (χ0) is 15.2. The van der Waals surface area contributed by atoms with Crippen LogP contribution in [-0.4, -0.2) is 55.4 Å². The summed E-state index contributed by atoms with van der Waals surface area (Å²) in [6, 6.07) is 4.98. The van der Waals surface area contributed by atoms with E-state index < -0.39 is 6.09 Å². The van der Waals surface area contributed by atoms with Crippen LogP contribution >= 0.6 is 0 Å². The van der Waals surface area contributed by atoms with Crippen LogP contribution < -0.4 is 15.4 Å². The molecule has 0 spiro atoms. The molecule has 0 aliphatic carbocycles. The first-order valence-electron chi connectivity index (χ1n) is 7.20. The van der Waals surface area contributed by atoms with Gasteiger partial charge in [0.05, 0.1) is 12.3 Å². The van der Waals surface area contributed by atoms with Gasteiger partial charge in [0.1, 0.15) is 0 Å². The van der Waals surface area contributed by atoms with Gasteiger partial charge in [0.25, 0.3) is 5.88 Å². The van der Waals surface area contributed by atoms with Crippen LogP contribution in [0.25, 0.3) is 11.5 Å². The molecular weight excluding hydrogens is 288 g/mol. The number of nitrogens with zero attached hydrogens (tertiary/aromatic N) is 2. The molecule has 3 heterocycles. The first kappa shape index (κ1) is 14.6. The van der Waals surface area contributed by atoms with Crippen LogP contribution in [0.2, 0.25) is 0 Å². The minimum absolute atomic E-state index is 0.103. The highest BCUT2D eigenvalue weighted by Crippen LogP contribution is 2.23. The highest BCUT2D eigenvalue weighted by molar-refractivity contribution is 5.70. The van der Waals surface area contributed by atoms with Crippen molar-refractivity contribution in [3.05, 3.63) is 24.5 Å². The van der Waals surface area contributed by atoms with Crippen molar-refractivity contribution in [2.75, 3.05) is 39.3 Å². The van der Waals surface area contributed by atoms with Crippen molar-refractivity contribution < 1.29 is 18.5 Å². The minimum Gasteiger partial charge on any atom is -0.461 e. The molecule has 0 aromatic carbocycles. The van der Waals surface area contributed by atoms with E-state index in [1.54, 1.807) is 12.1 Å². The van der Waals surface area contributed by atoms with Crippen molar-refractivity contribution in [1.29, 1.82) is 0 Å². The average molecular weight is 306 g/mol. The summed E-state index contributed by atoms with van der Waals surface area (Å²) < 4.78 is 15.3. The van der Waals surface area contributed by atoms with Crippen LogP contribution in [-0.2, 0) is 0 Å². The van der Waals surface area contributed by atoms with Gasteiger partial charge < -0.3 is 24.3 Å². The zero-order valence-electron chi connectivity index (χ0n) is 12.1. The summed E-state index contributed by atoms with van der Waals surface area (Å²) in [5, 5.41) is 9.65. The van der Waals surface area contributed by atoms with Gasteiger partial charge in [-0.2, -0.15) is 0 Å². The molecule has 1 amide bonds. The van der Waals surface area contributed by atoms with E-state index in [-0.39, 0.29) is 5.88 Å². The first-order valence-corrected chi connectivity index (χ1v) is 7.20. The summed E-state index contributed by atoms with van der Waals surface area (Å²) in [5.41, 5.74) is 0. The lowest BCUT2D eigenvalue weighted by molar-refractivity contribution is 0.190. The smallest absolute Gasteiger partial charge is 0.414 e. The number of nitrogens with one attached hydrogen (secondary N) is 2. The van der Waals surface area contributed by atoms with Crippen LogP contribution in [0.1, 0.15) is 0 Å². The minimum atomic E-state index is -0.547. The number of hydrogen-bond acceptors (Lipinski definition) is 7. The Morgan fingerprint density at radius 1 is 1.41 bits per heavy atom. The number of carbonyl (C=O) groups excluding carboxylic acids is 1. The number of carbonyl (C=O) groups is 1. The Morgan fingerprint density at radius 2 is 2.27 bits per heavy atom. The number of amides is 1. The molecule has 0 atom stereocenters. The molecule has 2 aromatic rings. The van der Waals surface area contributed by atoms with Gasteiger partial charge in [-0.15, -0.1) is 0 Å². The van der Waals surface area contributed by atoms with E-state index in [1.165, 1.54) is 12.3 Å². The summed E-state index contributed by atoms with van der Waals surface area (Å²) in [6.45, 7) is 5.28. The summed E-state index contributed by atoms with van der Waals surface area (Å²) in [7, 11) is 0. The number of ether oxygens (including phenoxy) is 1. The number of hydrogen-bond donors (Lipinski definition) is 2. The van der Waals surface area contributed by atoms with Gasteiger partial charge in [0.15, 0.2) is 5.76 Å². The SMILES string of the molecule is O=C(NCCN1CCNCC1)Oc1cc(-c2ccco2)on1. The van der Waals surface area contributed by atoms with Gasteiger partial charge in [0, 0.05) is 39.3 Å². The Kier molecular flexibility index (Phi) is 4.71. The lowest BCUT2D eigenvalue weighted by atomic mass is 10.3. The largest absolute Gasteiger partial charge is 0.461 e. The molecule has 1 aliphatic rings. The third-order valence-corrected chi connectivity index (χ3v) is 3.36. The van der Waals surface area contributed by atoms with Crippen LogP contribution in [0, 0.1) is 0 Å². The number of furan rings is 1. The van der Waals surface area contributed by atoms with E-state index in [0.29, 0.717) is 18.1 Å². The maximum atomic E-state index is 11.7. The Morgan fingerprint density at radius 3 is 3.05 bits per heavy atom.